The van der Waals surface area contributed by atoms with Crippen molar-refractivity contribution in [1.29, 1.82) is 0 Å². The lowest BCUT2D eigenvalue weighted by molar-refractivity contribution is 0.0737. The second kappa shape index (κ2) is 10.8. The molecule has 0 saturated heterocycles. The summed E-state index contributed by atoms with van der Waals surface area (Å²) < 4.78 is 2.09. The van der Waals surface area contributed by atoms with Gasteiger partial charge in [-0.15, -0.1) is 0 Å². The van der Waals surface area contributed by atoms with Crippen LogP contribution in [0.5, 0.6) is 0 Å². The van der Waals surface area contributed by atoms with Gasteiger partial charge < -0.3 is 9.47 Å². The monoisotopic (exact) mass is 354 g/mol. The van der Waals surface area contributed by atoms with Crippen LogP contribution < -0.4 is 0 Å². The maximum Gasteiger partial charge on any atom is 0.254 e. The largest absolute Gasteiger partial charge is 0.353 e. The Kier molecular flexibility index (Phi) is 8.46. The van der Waals surface area contributed by atoms with Crippen molar-refractivity contribution >= 4 is 5.91 Å². The van der Waals surface area contributed by atoms with Gasteiger partial charge in [-0.05, 0) is 49.1 Å². The van der Waals surface area contributed by atoms with Crippen LogP contribution in [-0.2, 0) is 20.0 Å². The number of aryl methyl sites for hydroxylation is 2. The zero-order valence-electron chi connectivity index (χ0n) is 16.7. The summed E-state index contributed by atoms with van der Waals surface area (Å²) in [7, 11) is 2.03. The van der Waals surface area contributed by atoms with Gasteiger partial charge in [0.1, 0.15) is 0 Å². The molecule has 1 heterocycles. The Bertz CT molecular complexity index is 657. The maximum absolute atomic E-state index is 13.0. The quantitative estimate of drug-likeness (QED) is 0.483. The molecule has 0 radical (unpaired) electrons. The summed E-state index contributed by atoms with van der Waals surface area (Å²) in [6.07, 6.45) is 10.4. The second-order valence-corrected chi connectivity index (χ2v) is 7.20. The predicted molar refractivity (Wildman–Crippen MR) is 109 cm³/mol. The summed E-state index contributed by atoms with van der Waals surface area (Å²) in [5, 5.41) is 0. The molecule has 1 aromatic carbocycles. The highest BCUT2D eigenvalue weighted by Crippen LogP contribution is 2.14. The number of rotatable bonds is 11. The summed E-state index contributed by atoms with van der Waals surface area (Å²) in [5.41, 5.74) is 3.30. The summed E-state index contributed by atoms with van der Waals surface area (Å²) in [6, 6.07) is 12.4. The Hall–Kier alpha value is -2.03. The molecule has 0 spiro atoms. The van der Waals surface area contributed by atoms with Crippen molar-refractivity contribution in [3.63, 3.8) is 0 Å². The van der Waals surface area contributed by atoms with Crippen LogP contribution in [0.4, 0.5) is 0 Å². The maximum atomic E-state index is 13.0. The molecule has 0 fully saturated rings. The van der Waals surface area contributed by atoms with E-state index in [9.17, 15) is 4.79 Å². The van der Waals surface area contributed by atoms with Gasteiger partial charge in [-0.3, -0.25) is 4.79 Å². The number of benzene rings is 1. The average molecular weight is 355 g/mol. The van der Waals surface area contributed by atoms with E-state index in [1.165, 1.54) is 36.9 Å². The zero-order valence-corrected chi connectivity index (χ0v) is 16.7. The van der Waals surface area contributed by atoms with Gasteiger partial charge in [0, 0.05) is 31.0 Å². The minimum atomic E-state index is 0.136. The Labute approximate surface area is 159 Å². The SMILES string of the molecule is CCCCCCc1ccc(C(=O)N(CCCC)Cc2cccn2C)cc1. The first-order chi connectivity index (χ1) is 12.7. The van der Waals surface area contributed by atoms with Gasteiger partial charge in [0.2, 0.25) is 0 Å². The molecule has 1 amide bonds. The molecule has 142 valence electrons. The average Bonchev–Trinajstić information content (AvgIpc) is 3.07. The normalized spacial score (nSPS) is 10.9. The molecule has 0 aliphatic carbocycles. The fraction of sp³-hybridized carbons (Fsp3) is 0.522. The highest BCUT2D eigenvalue weighted by molar-refractivity contribution is 5.94. The zero-order chi connectivity index (χ0) is 18.8. The summed E-state index contributed by atoms with van der Waals surface area (Å²) >= 11 is 0. The van der Waals surface area contributed by atoms with Crippen molar-refractivity contribution in [2.45, 2.75) is 65.3 Å². The Morgan fingerprint density at radius 2 is 1.69 bits per heavy atom. The fourth-order valence-electron chi connectivity index (χ4n) is 3.21. The van der Waals surface area contributed by atoms with Gasteiger partial charge >= 0.3 is 0 Å². The molecule has 3 nitrogen and oxygen atoms in total. The number of amides is 1. The van der Waals surface area contributed by atoms with Crippen LogP contribution in [0.25, 0.3) is 0 Å². The number of nitrogens with zero attached hydrogens (tertiary/aromatic N) is 2. The molecule has 0 atom stereocenters. The van der Waals surface area contributed by atoms with E-state index in [0.717, 1.165) is 31.4 Å². The molecule has 0 N–H and O–H groups in total. The molecular formula is C23H34N2O. The molecule has 0 bridgehead atoms. The highest BCUT2D eigenvalue weighted by Gasteiger charge is 2.16. The molecule has 1 aromatic heterocycles. The van der Waals surface area contributed by atoms with E-state index >= 15 is 0 Å². The van der Waals surface area contributed by atoms with E-state index in [0.29, 0.717) is 6.54 Å². The number of hydrogen-bond acceptors (Lipinski definition) is 1. The minimum absolute atomic E-state index is 0.136. The third-order valence-corrected chi connectivity index (χ3v) is 4.99. The first-order valence-corrected chi connectivity index (χ1v) is 10.1. The van der Waals surface area contributed by atoms with Gasteiger partial charge in [-0.2, -0.15) is 0 Å². The minimum Gasteiger partial charge on any atom is -0.353 e. The summed E-state index contributed by atoms with van der Waals surface area (Å²) in [5.74, 6) is 0.136. The Morgan fingerprint density at radius 1 is 0.962 bits per heavy atom. The summed E-state index contributed by atoms with van der Waals surface area (Å²) in [4.78, 5) is 15.0. The van der Waals surface area contributed by atoms with E-state index in [1.54, 1.807) is 0 Å². The number of carbonyl (C=O) groups is 1. The lowest BCUT2D eigenvalue weighted by atomic mass is 10.0. The van der Waals surface area contributed by atoms with Crippen molar-refractivity contribution in [3.05, 3.63) is 59.4 Å². The van der Waals surface area contributed by atoms with E-state index < -0.39 is 0 Å². The van der Waals surface area contributed by atoms with Gasteiger partial charge in [0.05, 0.1) is 6.54 Å². The molecule has 0 aliphatic heterocycles. The van der Waals surface area contributed by atoms with Crippen molar-refractivity contribution < 1.29 is 4.79 Å². The lowest BCUT2D eigenvalue weighted by Gasteiger charge is -2.23. The van der Waals surface area contributed by atoms with Crippen LogP contribution in [0.1, 0.15) is 74.0 Å². The molecule has 0 unspecified atom stereocenters. The molecule has 2 rings (SSSR count). The highest BCUT2D eigenvalue weighted by atomic mass is 16.2. The fourth-order valence-corrected chi connectivity index (χ4v) is 3.21. The second-order valence-electron chi connectivity index (χ2n) is 7.20. The third-order valence-electron chi connectivity index (χ3n) is 4.99. The molecule has 3 heteroatoms. The first-order valence-electron chi connectivity index (χ1n) is 10.1. The molecule has 26 heavy (non-hydrogen) atoms. The Morgan fingerprint density at radius 3 is 2.31 bits per heavy atom. The molecule has 0 saturated carbocycles. The lowest BCUT2D eigenvalue weighted by Crippen LogP contribution is -2.32. The van der Waals surface area contributed by atoms with Gasteiger partial charge in [0.15, 0.2) is 0 Å². The predicted octanol–water partition coefficient (Wildman–Crippen LogP) is 5.59. The molecule has 2 aromatic rings. The standard InChI is InChI=1S/C23H34N2O/c1-4-6-8-9-11-20-13-15-21(16-14-20)23(26)25(18-7-5-2)19-22-12-10-17-24(22)3/h10,12-17H,4-9,11,18-19H2,1-3H3. The van der Waals surface area contributed by atoms with Crippen LogP contribution in [0.2, 0.25) is 0 Å². The van der Waals surface area contributed by atoms with E-state index in [-0.39, 0.29) is 5.91 Å². The van der Waals surface area contributed by atoms with Gasteiger partial charge in [0.25, 0.3) is 5.91 Å². The van der Waals surface area contributed by atoms with Crippen LogP contribution in [-0.4, -0.2) is 21.9 Å². The first kappa shape index (κ1) is 20.3. The number of aromatic nitrogens is 1. The topological polar surface area (TPSA) is 25.2 Å². The van der Waals surface area contributed by atoms with Crippen LogP contribution in [0, 0.1) is 0 Å². The van der Waals surface area contributed by atoms with Crippen LogP contribution in [0.15, 0.2) is 42.6 Å². The van der Waals surface area contributed by atoms with Gasteiger partial charge in [-0.25, -0.2) is 0 Å². The molecular weight excluding hydrogens is 320 g/mol. The van der Waals surface area contributed by atoms with Gasteiger partial charge in [-0.1, -0.05) is 51.7 Å². The van der Waals surface area contributed by atoms with Crippen molar-refractivity contribution in [2.24, 2.45) is 7.05 Å². The third kappa shape index (κ3) is 6.05. The van der Waals surface area contributed by atoms with Crippen molar-refractivity contribution in [2.75, 3.05) is 6.54 Å². The molecule has 0 aliphatic rings. The van der Waals surface area contributed by atoms with Crippen molar-refractivity contribution in [3.8, 4) is 0 Å². The number of hydrogen-bond donors (Lipinski definition) is 0. The van der Waals surface area contributed by atoms with Crippen LogP contribution in [0.3, 0.4) is 0 Å². The van der Waals surface area contributed by atoms with E-state index in [1.807, 2.05) is 36.3 Å². The smallest absolute Gasteiger partial charge is 0.254 e. The summed E-state index contributed by atoms with van der Waals surface area (Å²) in [6.45, 7) is 5.87. The van der Waals surface area contributed by atoms with E-state index in [2.05, 4.69) is 36.6 Å². The van der Waals surface area contributed by atoms with Crippen LogP contribution >= 0.6 is 0 Å². The van der Waals surface area contributed by atoms with E-state index in [4.69, 9.17) is 0 Å². The Balaban J connectivity index is 2.01. The van der Waals surface area contributed by atoms with Crippen molar-refractivity contribution in [1.82, 2.24) is 9.47 Å². The number of carbonyl (C=O) groups excluding carboxylic acids is 1. The number of unbranched alkanes of at least 4 members (excludes halogenated alkanes) is 4.